The zero-order valence-electron chi connectivity index (χ0n) is 15.5. The van der Waals surface area contributed by atoms with Gasteiger partial charge >= 0.3 is 0 Å². The van der Waals surface area contributed by atoms with Gasteiger partial charge in [0.05, 0.1) is 10.7 Å². The molecule has 28 heavy (non-hydrogen) atoms. The fourth-order valence-corrected chi connectivity index (χ4v) is 3.11. The van der Waals surface area contributed by atoms with E-state index >= 15 is 0 Å². The van der Waals surface area contributed by atoms with Gasteiger partial charge in [-0.05, 0) is 79.6 Å². The van der Waals surface area contributed by atoms with Crippen LogP contribution in [0.25, 0.3) is 0 Å². The number of hydrogen-bond acceptors (Lipinski definition) is 3. The first-order valence-electron chi connectivity index (χ1n) is 8.63. The number of carbonyl (C=O) groups is 1. The molecule has 0 spiro atoms. The molecular weight excluding hydrogens is 397 g/mol. The summed E-state index contributed by atoms with van der Waals surface area (Å²) in [6.07, 6.45) is 0. The van der Waals surface area contributed by atoms with E-state index in [0.29, 0.717) is 27.2 Å². The van der Waals surface area contributed by atoms with E-state index in [9.17, 15) is 4.79 Å². The number of carbonyl (C=O) groups excluding carboxylic acids is 1. The number of ether oxygens (including phenoxy) is 2. The van der Waals surface area contributed by atoms with Gasteiger partial charge in [-0.3, -0.25) is 4.79 Å². The highest BCUT2D eigenvalue weighted by molar-refractivity contribution is 6.36. The molecule has 0 atom stereocenters. The lowest BCUT2D eigenvalue weighted by Gasteiger charge is -2.10. The first kappa shape index (κ1) is 20.1. The van der Waals surface area contributed by atoms with Crippen LogP contribution in [0.15, 0.2) is 60.7 Å². The maximum Gasteiger partial charge on any atom is 0.262 e. The van der Waals surface area contributed by atoms with Crippen molar-refractivity contribution in [1.82, 2.24) is 0 Å². The fraction of sp³-hybridized carbons (Fsp3) is 0.136. The van der Waals surface area contributed by atoms with Gasteiger partial charge < -0.3 is 14.8 Å². The van der Waals surface area contributed by atoms with Gasteiger partial charge in [0.2, 0.25) is 0 Å². The number of amides is 1. The highest BCUT2D eigenvalue weighted by Gasteiger charge is 2.08. The Kier molecular flexibility index (Phi) is 6.45. The highest BCUT2D eigenvalue weighted by Crippen LogP contribution is 2.27. The average Bonchev–Trinajstić information content (AvgIpc) is 2.63. The first-order valence-corrected chi connectivity index (χ1v) is 9.38. The van der Waals surface area contributed by atoms with E-state index in [4.69, 9.17) is 32.7 Å². The molecule has 1 amide bonds. The number of hydrogen-bond donors (Lipinski definition) is 1. The number of anilines is 1. The number of aryl methyl sites for hydroxylation is 2. The molecule has 4 nitrogen and oxygen atoms in total. The van der Waals surface area contributed by atoms with E-state index in [1.807, 2.05) is 26.0 Å². The van der Waals surface area contributed by atoms with Gasteiger partial charge in [0.15, 0.2) is 6.61 Å². The SMILES string of the molecule is Cc1cc(C)cc(Oc2ccc(OCC(=O)Nc3ccc(Cl)cc3Cl)cc2)c1. The summed E-state index contributed by atoms with van der Waals surface area (Å²) in [6, 6.07) is 18.0. The van der Waals surface area contributed by atoms with Crippen molar-refractivity contribution in [2.24, 2.45) is 0 Å². The predicted molar refractivity (Wildman–Crippen MR) is 113 cm³/mol. The van der Waals surface area contributed by atoms with E-state index < -0.39 is 0 Å². The second-order valence-corrected chi connectivity index (χ2v) is 7.20. The molecular formula is C22H19Cl2NO3. The van der Waals surface area contributed by atoms with Crippen molar-refractivity contribution < 1.29 is 14.3 Å². The normalized spacial score (nSPS) is 10.4. The second kappa shape index (κ2) is 9.00. The Hall–Kier alpha value is -2.69. The topological polar surface area (TPSA) is 47.6 Å². The molecule has 0 saturated carbocycles. The minimum atomic E-state index is -0.320. The Balaban J connectivity index is 1.54. The lowest BCUT2D eigenvalue weighted by molar-refractivity contribution is -0.118. The molecule has 6 heteroatoms. The maximum atomic E-state index is 12.0. The Morgan fingerprint density at radius 2 is 1.50 bits per heavy atom. The molecule has 0 heterocycles. The van der Waals surface area contributed by atoms with Crippen LogP contribution in [0, 0.1) is 13.8 Å². The molecule has 0 saturated heterocycles. The summed E-state index contributed by atoms with van der Waals surface area (Å²) >= 11 is 11.9. The smallest absolute Gasteiger partial charge is 0.262 e. The van der Waals surface area contributed by atoms with Gasteiger partial charge in [0.25, 0.3) is 5.91 Å². The quantitative estimate of drug-likeness (QED) is 0.505. The highest BCUT2D eigenvalue weighted by atomic mass is 35.5. The molecule has 0 unspecified atom stereocenters. The fourth-order valence-electron chi connectivity index (χ4n) is 2.66. The van der Waals surface area contributed by atoms with E-state index in [-0.39, 0.29) is 12.5 Å². The van der Waals surface area contributed by atoms with Crippen LogP contribution in [0.5, 0.6) is 17.2 Å². The zero-order valence-corrected chi connectivity index (χ0v) is 17.0. The lowest BCUT2D eigenvalue weighted by Crippen LogP contribution is -2.20. The van der Waals surface area contributed by atoms with E-state index in [1.54, 1.807) is 42.5 Å². The molecule has 3 aromatic carbocycles. The molecule has 0 fully saturated rings. The van der Waals surface area contributed by atoms with Crippen LogP contribution in [0.4, 0.5) is 5.69 Å². The van der Waals surface area contributed by atoms with Crippen LogP contribution < -0.4 is 14.8 Å². The van der Waals surface area contributed by atoms with Crippen LogP contribution in [-0.2, 0) is 4.79 Å². The minimum absolute atomic E-state index is 0.143. The van der Waals surface area contributed by atoms with Gasteiger partial charge in [-0.1, -0.05) is 29.3 Å². The summed E-state index contributed by atoms with van der Waals surface area (Å²) in [5.74, 6) is 1.71. The summed E-state index contributed by atoms with van der Waals surface area (Å²) in [7, 11) is 0. The van der Waals surface area contributed by atoms with Crippen LogP contribution in [0.1, 0.15) is 11.1 Å². The van der Waals surface area contributed by atoms with E-state index in [2.05, 4.69) is 11.4 Å². The second-order valence-electron chi connectivity index (χ2n) is 6.36. The first-order chi connectivity index (χ1) is 13.4. The number of halogens is 2. The predicted octanol–water partition coefficient (Wildman–Crippen LogP) is 6.42. The average molecular weight is 416 g/mol. The van der Waals surface area contributed by atoms with Gasteiger partial charge in [0.1, 0.15) is 17.2 Å². The van der Waals surface area contributed by atoms with Crippen molar-refractivity contribution in [3.8, 4) is 17.2 Å². The Bertz CT molecular complexity index is 967. The number of nitrogens with one attached hydrogen (secondary N) is 1. The molecule has 0 radical (unpaired) electrons. The third kappa shape index (κ3) is 5.65. The van der Waals surface area contributed by atoms with Crippen molar-refractivity contribution in [2.75, 3.05) is 11.9 Å². The van der Waals surface area contributed by atoms with Gasteiger partial charge in [-0.15, -0.1) is 0 Å². The molecule has 144 valence electrons. The minimum Gasteiger partial charge on any atom is -0.484 e. The zero-order chi connectivity index (χ0) is 20.1. The molecule has 3 rings (SSSR count). The van der Waals surface area contributed by atoms with Gasteiger partial charge in [-0.2, -0.15) is 0 Å². The van der Waals surface area contributed by atoms with Crippen molar-refractivity contribution in [3.05, 3.63) is 81.8 Å². The molecule has 0 aliphatic rings. The summed E-state index contributed by atoms with van der Waals surface area (Å²) < 4.78 is 11.4. The largest absolute Gasteiger partial charge is 0.484 e. The Morgan fingerprint density at radius 1 is 0.857 bits per heavy atom. The molecule has 1 N–H and O–H groups in total. The summed E-state index contributed by atoms with van der Waals surface area (Å²) in [5.41, 5.74) is 2.76. The van der Waals surface area contributed by atoms with Crippen molar-refractivity contribution in [3.63, 3.8) is 0 Å². The van der Waals surface area contributed by atoms with Crippen LogP contribution >= 0.6 is 23.2 Å². The maximum absolute atomic E-state index is 12.0. The molecule has 0 aromatic heterocycles. The lowest BCUT2D eigenvalue weighted by atomic mass is 10.1. The molecule has 0 aliphatic carbocycles. The Labute approximate surface area is 174 Å². The summed E-state index contributed by atoms with van der Waals surface area (Å²) in [4.78, 5) is 12.0. The van der Waals surface area contributed by atoms with E-state index in [1.165, 1.54) is 0 Å². The van der Waals surface area contributed by atoms with Crippen molar-refractivity contribution in [1.29, 1.82) is 0 Å². The summed E-state index contributed by atoms with van der Waals surface area (Å²) in [6.45, 7) is 3.91. The van der Waals surface area contributed by atoms with Crippen molar-refractivity contribution in [2.45, 2.75) is 13.8 Å². The monoisotopic (exact) mass is 415 g/mol. The van der Waals surface area contributed by atoms with Crippen molar-refractivity contribution >= 4 is 34.8 Å². The molecule has 0 aliphatic heterocycles. The molecule has 3 aromatic rings. The number of rotatable bonds is 6. The molecule has 0 bridgehead atoms. The van der Waals surface area contributed by atoms with Gasteiger partial charge in [0, 0.05) is 5.02 Å². The van der Waals surface area contributed by atoms with Crippen LogP contribution in [-0.4, -0.2) is 12.5 Å². The number of benzene rings is 3. The summed E-state index contributed by atoms with van der Waals surface area (Å²) in [5, 5.41) is 3.55. The van der Waals surface area contributed by atoms with Gasteiger partial charge in [-0.25, -0.2) is 0 Å². The van der Waals surface area contributed by atoms with Crippen LogP contribution in [0.3, 0.4) is 0 Å². The standard InChI is InChI=1S/C22H19Cl2NO3/c1-14-9-15(2)11-19(10-14)28-18-6-4-17(5-7-18)27-13-22(26)25-21-8-3-16(23)12-20(21)24/h3-12H,13H2,1-2H3,(H,25,26). The van der Waals surface area contributed by atoms with E-state index in [0.717, 1.165) is 16.9 Å². The third-order valence-corrected chi connectivity index (χ3v) is 4.38. The Morgan fingerprint density at radius 3 is 2.14 bits per heavy atom. The van der Waals surface area contributed by atoms with Crippen LogP contribution in [0.2, 0.25) is 10.0 Å². The third-order valence-electron chi connectivity index (χ3n) is 3.83.